The van der Waals surface area contributed by atoms with Crippen LogP contribution in [0.1, 0.15) is 31.9 Å². The number of aryl methyl sites for hydroxylation is 1. The van der Waals surface area contributed by atoms with E-state index in [-0.39, 0.29) is 21.1 Å². The number of rotatable bonds is 1. The van der Waals surface area contributed by atoms with Gasteiger partial charge in [-0.25, -0.2) is 4.39 Å². The minimum Gasteiger partial charge on any atom is -0.333 e. The van der Waals surface area contributed by atoms with Crippen LogP contribution in [0.5, 0.6) is 5.75 Å². The molecule has 2 rings (SSSR count). The lowest BCUT2D eigenvalue weighted by molar-refractivity contribution is -0.240. The second kappa shape index (κ2) is 4.14. The Morgan fingerprint density at radius 2 is 2.12 bits per heavy atom. The summed E-state index contributed by atoms with van der Waals surface area (Å²) in [4.78, 5) is 10.2. The van der Waals surface area contributed by atoms with Gasteiger partial charge in [-0.15, -0.1) is 0 Å². The molecule has 1 atom stereocenters. The molecule has 88 valence electrons. The molecule has 4 heteroatoms. The van der Waals surface area contributed by atoms with Crippen LogP contribution in [0.25, 0.3) is 0 Å². The fourth-order valence-corrected chi connectivity index (χ4v) is 2.42. The molecule has 0 saturated heterocycles. The highest BCUT2D eigenvalue weighted by molar-refractivity contribution is 14.1. The smallest absolute Gasteiger partial charge is 0.205 e. The number of fused-ring (bicyclic) bond motifs is 1. The molecule has 1 aliphatic heterocycles. The summed E-state index contributed by atoms with van der Waals surface area (Å²) < 4.78 is 13.5. The average Bonchev–Trinajstić information content (AvgIpc) is 2.24. The lowest BCUT2D eigenvalue weighted by Gasteiger charge is -2.36. The van der Waals surface area contributed by atoms with Gasteiger partial charge in [0.1, 0.15) is 0 Å². The lowest BCUT2D eigenvalue weighted by Crippen LogP contribution is -2.38. The molecular formula is C12H14FIO2. The van der Waals surface area contributed by atoms with Gasteiger partial charge < -0.3 is 4.89 Å². The lowest BCUT2D eigenvalue weighted by atomic mass is 9.80. The minimum atomic E-state index is -0.358. The van der Waals surface area contributed by atoms with Crippen LogP contribution in [0.2, 0.25) is 0 Å². The van der Waals surface area contributed by atoms with Gasteiger partial charge in [0.15, 0.2) is 9.93 Å². The second-order valence-electron chi connectivity index (χ2n) is 4.48. The zero-order chi connectivity index (χ0) is 11.9. The first-order valence-corrected chi connectivity index (χ1v) is 6.52. The second-order valence-corrected chi connectivity index (χ2v) is 5.61. The van der Waals surface area contributed by atoms with E-state index in [1.54, 1.807) is 0 Å². The molecule has 1 aromatic rings. The molecule has 0 bridgehead atoms. The molecule has 1 heterocycles. The minimum absolute atomic E-state index is 0.121. The maximum Gasteiger partial charge on any atom is 0.205 e. The molecule has 1 aromatic carbocycles. The number of alkyl halides is 1. The Hall–Kier alpha value is -0.360. The van der Waals surface area contributed by atoms with Crippen molar-refractivity contribution in [3.05, 3.63) is 29.1 Å². The third kappa shape index (κ3) is 1.72. The van der Waals surface area contributed by atoms with Crippen LogP contribution in [0.3, 0.4) is 0 Å². The number of benzene rings is 1. The maximum absolute atomic E-state index is 13.7. The van der Waals surface area contributed by atoms with E-state index < -0.39 is 0 Å². The largest absolute Gasteiger partial charge is 0.333 e. The van der Waals surface area contributed by atoms with Crippen molar-refractivity contribution in [1.82, 2.24) is 0 Å². The summed E-state index contributed by atoms with van der Waals surface area (Å²) in [6.45, 7) is 6.15. The summed E-state index contributed by atoms with van der Waals surface area (Å²) in [5.41, 5.74) is 1.80. The highest BCUT2D eigenvalue weighted by Crippen LogP contribution is 2.45. The average molecular weight is 336 g/mol. The van der Waals surface area contributed by atoms with Gasteiger partial charge in [0, 0.05) is 11.0 Å². The topological polar surface area (TPSA) is 18.5 Å². The summed E-state index contributed by atoms with van der Waals surface area (Å²) >= 11 is 2.17. The summed E-state index contributed by atoms with van der Waals surface area (Å²) in [7, 11) is 0. The first kappa shape index (κ1) is 12.1. The Kier molecular flexibility index (Phi) is 3.13. The van der Waals surface area contributed by atoms with Crippen LogP contribution >= 0.6 is 22.6 Å². The van der Waals surface area contributed by atoms with E-state index in [1.165, 1.54) is 6.07 Å². The molecule has 0 amide bonds. The Balaban J connectivity index is 2.67. The Morgan fingerprint density at radius 1 is 1.44 bits per heavy atom. The summed E-state index contributed by atoms with van der Waals surface area (Å²) in [6.07, 6.45) is 0.860. The van der Waals surface area contributed by atoms with Crippen molar-refractivity contribution in [2.24, 2.45) is 0 Å². The van der Waals surface area contributed by atoms with Crippen LogP contribution in [0.4, 0.5) is 4.39 Å². The van der Waals surface area contributed by atoms with E-state index in [1.807, 2.05) is 19.9 Å². The van der Waals surface area contributed by atoms with Crippen molar-refractivity contribution in [3.63, 3.8) is 0 Å². The van der Waals surface area contributed by atoms with E-state index in [4.69, 9.17) is 9.78 Å². The normalized spacial score (nSPS) is 22.4. The van der Waals surface area contributed by atoms with Crippen molar-refractivity contribution in [3.8, 4) is 5.75 Å². The highest BCUT2D eigenvalue weighted by atomic mass is 127. The van der Waals surface area contributed by atoms with Crippen molar-refractivity contribution in [1.29, 1.82) is 0 Å². The first-order valence-electron chi connectivity index (χ1n) is 5.27. The fourth-order valence-electron chi connectivity index (χ4n) is 2.00. The van der Waals surface area contributed by atoms with Crippen LogP contribution in [0.15, 0.2) is 12.1 Å². The van der Waals surface area contributed by atoms with Crippen LogP contribution in [0, 0.1) is 5.82 Å². The van der Waals surface area contributed by atoms with E-state index in [9.17, 15) is 4.39 Å². The number of hydrogen-bond donors (Lipinski definition) is 0. The van der Waals surface area contributed by atoms with Crippen LogP contribution < -0.4 is 4.89 Å². The van der Waals surface area contributed by atoms with Crippen molar-refractivity contribution in [2.45, 2.75) is 36.7 Å². The van der Waals surface area contributed by atoms with Crippen molar-refractivity contribution >= 4 is 22.6 Å². The van der Waals surface area contributed by atoms with Gasteiger partial charge in [0.25, 0.3) is 0 Å². The van der Waals surface area contributed by atoms with E-state index in [0.29, 0.717) is 0 Å². The number of hydrogen-bond acceptors (Lipinski definition) is 2. The van der Waals surface area contributed by atoms with Crippen molar-refractivity contribution < 1.29 is 14.2 Å². The Labute approximate surface area is 108 Å². The Morgan fingerprint density at radius 3 is 2.75 bits per heavy atom. The van der Waals surface area contributed by atoms with Crippen LogP contribution in [-0.4, -0.2) is 4.11 Å². The van der Waals surface area contributed by atoms with E-state index in [0.717, 1.165) is 17.5 Å². The van der Waals surface area contributed by atoms with Gasteiger partial charge in [-0.2, -0.15) is 4.89 Å². The van der Waals surface area contributed by atoms with Gasteiger partial charge >= 0.3 is 0 Å². The van der Waals surface area contributed by atoms with Gasteiger partial charge in [0.2, 0.25) is 5.75 Å². The molecule has 16 heavy (non-hydrogen) atoms. The maximum atomic E-state index is 13.7. The van der Waals surface area contributed by atoms with Crippen molar-refractivity contribution in [2.75, 3.05) is 0 Å². The summed E-state index contributed by atoms with van der Waals surface area (Å²) in [5.74, 6) is -0.110. The molecule has 1 unspecified atom stereocenters. The Bertz CT molecular complexity index is 418. The molecule has 0 fully saturated rings. The third-order valence-corrected chi connectivity index (χ3v) is 4.77. The third-order valence-electron chi connectivity index (χ3n) is 3.00. The molecule has 1 aliphatic rings. The standard InChI is InChI=1S/C12H14FIO2/c1-4-7-5-6-8(13)10-9(7)12(2,3)11(14)16-15-10/h5-6,11H,4H2,1-3H3. The summed E-state index contributed by atoms with van der Waals surface area (Å²) in [5, 5.41) is 0. The van der Waals surface area contributed by atoms with E-state index in [2.05, 4.69) is 29.5 Å². The molecule has 0 radical (unpaired) electrons. The molecular weight excluding hydrogens is 322 g/mol. The molecule has 0 N–H and O–H groups in total. The predicted molar refractivity (Wildman–Crippen MR) is 68.3 cm³/mol. The number of halogens is 2. The predicted octanol–water partition coefficient (Wildman–Crippen LogP) is 3.75. The molecule has 0 spiro atoms. The SMILES string of the molecule is CCc1ccc(F)c2c1C(C)(C)C(I)OO2. The van der Waals surface area contributed by atoms with Gasteiger partial charge in [-0.1, -0.05) is 26.8 Å². The monoisotopic (exact) mass is 336 g/mol. The highest BCUT2D eigenvalue weighted by Gasteiger charge is 2.41. The quantitative estimate of drug-likeness (QED) is 0.442. The van der Waals surface area contributed by atoms with Gasteiger partial charge in [0.05, 0.1) is 0 Å². The molecule has 0 saturated carbocycles. The van der Waals surface area contributed by atoms with Gasteiger partial charge in [-0.05, 0) is 40.6 Å². The first-order chi connectivity index (χ1) is 7.48. The molecule has 0 aliphatic carbocycles. The zero-order valence-corrected chi connectivity index (χ0v) is 11.7. The zero-order valence-electron chi connectivity index (χ0n) is 9.51. The van der Waals surface area contributed by atoms with Gasteiger partial charge in [-0.3, -0.25) is 0 Å². The molecule has 0 aromatic heterocycles. The van der Waals surface area contributed by atoms with E-state index >= 15 is 0 Å². The van der Waals surface area contributed by atoms with Crippen LogP contribution in [-0.2, 0) is 16.7 Å². The molecule has 2 nitrogen and oxygen atoms in total. The summed E-state index contributed by atoms with van der Waals surface area (Å²) in [6, 6.07) is 3.26. The fraction of sp³-hybridized carbons (Fsp3) is 0.500.